The molecular weight excluding hydrogens is 370 g/mol. The molecule has 0 saturated heterocycles. The zero-order chi connectivity index (χ0) is 20.2. The van der Waals surface area contributed by atoms with E-state index >= 15 is 0 Å². The van der Waals surface area contributed by atoms with Gasteiger partial charge in [0.25, 0.3) is 0 Å². The predicted octanol–water partition coefficient (Wildman–Crippen LogP) is 2.61. The Morgan fingerprint density at radius 2 is 1.93 bits per heavy atom. The fraction of sp³-hybridized carbons (Fsp3) is 0.364. The summed E-state index contributed by atoms with van der Waals surface area (Å²) < 4.78 is 5.68. The first-order chi connectivity index (χ1) is 14.0. The number of amides is 1. The second-order valence-electron chi connectivity index (χ2n) is 7.93. The van der Waals surface area contributed by atoms with E-state index in [9.17, 15) is 14.4 Å². The number of hydrogen-bond acceptors (Lipinski definition) is 6. The Kier molecular flexibility index (Phi) is 3.94. The SMILES string of the molecule is CC1=CC(=Nc2ccc3c(c2)OCCN3)C2=C(C1=O)C1(CCC(=O)CC1)C(=O)N2. The van der Waals surface area contributed by atoms with E-state index in [-0.39, 0.29) is 17.5 Å². The summed E-state index contributed by atoms with van der Waals surface area (Å²) in [5.74, 6) is 0.545. The zero-order valence-electron chi connectivity index (χ0n) is 16.1. The van der Waals surface area contributed by atoms with E-state index in [1.54, 1.807) is 13.0 Å². The molecular formula is C22H21N3O4. The number of hydrogen-bond donors (Lipinski definition) is 2. The van der Waals surface area contributed by atoms with Crippen LogP contribution in [0.25, 0.3) is 0 Å². The van der Waals surface area contributed by atoms with Crippen LogP contribution < -0.4 is 15.4 Å². The van der Waals surface area contributed by atoms with E-state index in [1.807, 2.05) is 18.2 Å². The van der Waals surface area contributed by atoms with E-state index in [1.165, 1.54) is 0 Å². The number of nitrogens with zero attached hydrogens (tertiary/aromatic N) is 1. The van der Waals surface area contributed by atoms with Crippen molar-refractivity contribution in [3.63, 3.8) is 0 Å². The fourth-order valence-corrected chi connectivity index (χ4v) is 4.56. The maximum absolute atomic E-state index is 13.0. The molecule has 2 aliphatic carbocycles. The first-order valence-electron chi connectivity index (χ1n) is 9.89. The number of carbonyl (C=O) groups is 3. The van der Waals surface area contributed by atoms with Crippen molar-refractivity contribution in [2.45, 2.75) is 32.6 Å². The molecule has 2 aliphatic heterocycles. The smallest absolute Gasteiger partial charge is 0.235 e. The molecule has 1 aromatic rings. The number of nitrogens with one attached hydrogen (secondary N) is 2. The van der Waals surface area contributed by atoms with Crippen LogP contribution in [-0.2, 0) is 14.4 Å². The summed E-state index contributed by atoms with van der Waals surface area (Å²) in [6, 6.07) is 5.63. The molecule has 4 aliphatic rings. The second kappa shape index (κ2) is 6.40. The number of rotatable bonds is 1. The summed E-state index contributed by atoms with van der Waals surface area (Å²) >= 11 is 0. The van der Waals surface area contributed by atoms with Crippen molar-refractivity contribution in [2.75, 3.05) is 18.5 Å². The molecule has 5 rings (SSSR count). The van der Waals surface area contributed by atoms with Crippen LogP contribution in [0.1, 0.15) is 32.6 Å². The first kappa shape index (κ1) is 17.8. The monoisotopic (exact) mass is 391 g/mol. The minimum Gasteiger partial charge on any atom is -0.490 e. The Hall–Kier alpha value is -3.22. The van der Waals surface area contributed by atoms with Gasteiger partial charge in [-0.25, -0.2) is 4.99 Å². The second-order valence-corrected chi connectivity index (χ2v) is 7.93. The lowest BCUT2D eigenvalue weighted by Gasteiger charge is -2.32. The highest BCUT2D eigenvalue weighted by Gasteiger charge is 2.54. The Balaban J connectivity index is 1.59. The molecule has 1 amide bonds. The molecule has 0 radical (unpaired) electrons. The lowest BCUT2D eigenvalue weighted by Crippen LogP contribution is -2.39. The molecule has 1 fully saturated rings. The Morgan fingerprint density at radius 3 is 2.72 bits per heavy atom. The van der Waals surface area contributed by atoms with Gasteiger partial charge in [0.1, 0.15) is 18.1 Å². The molecule has 2 N–H and O–H groups in total. The van der Waals surface area contributed by atoms with Crippen molar-refractivity contribution in [3.05, 3.63) is 41.1 Å². The molecule has 148 valence electrons. The summed E-state index contributed by atoms with van der Waals surface area (Å²) in [5, 5.41) is 6.17. The quantitative estimate of drug-likeness (QED) is 0.718. The van der Waals surface area contributed by atoms with Gasteiger partial charge < -0.3 is 15.4 Å². The fourth-order valence-electron chi connectivity index (χ4n) is 4.56. The van der Waals surface area contributed by atoms with Crippen molar-refractivity contribution in [3.8, 4) is 5.75 Å². The van der Waals surface area contributed by atoms with E-state index in [4.69, 9.17) is 9.73 Å². The molecule has 0 atom stereocenters. The van der Waals surface area contributed by atoms with Crippen LogP contribution >= 0.6 is 0 Å². The van der Waals surface area contributed by atoms with Gasteiger partial charge in [0.2, 0.25) is 5.91 Å². The number of carbonyl (C=O) groups excluding carboxylic acids is 3. The average Bonchev–Trinajstić information content (AvgIpc) is 3.00. The van der Waals surface area contributed by atoms with Gasteiger partial charge in [-0.2, -0.15) is 0 Å². The predicted molar refractivity (Wildman–Crippen MR) is 107 cm³/mol. The summed E-state index contributed by atoms with van der Waals surface area (Å²) in [6.07, 6.45) is 3.11. The molecule has 7 nitrogen and oxygen atoms in total. The Bertz CT molecular complexity index is 1050. The lowest BCUT2D eigenvalue weighted by molar-refractivity contribution is -0.132. The van der Waals surface area contributed by atoms with Gasteiger partial charge in [0, 0.05) is 31.0 Å². The minimum atomic E-state index is -0.917. The maximum Gasteiger partial charge on any atom is 0.235 e. The lowest BCUT2D eigenvalue weighted by atomic mass is 9.66. The van der Waals surface area contributed by atoms with Gasteiger partial charge in [0.05, 0.1) is 28.2 Å². The van der Waals surface area contributed by atoms with Crippen molar-refractivity contribution in [2.24, 2.45) is 10.4 Å². The maximum atomic E-state index is 13.0. The third kappa shape index (κ3) is 2.72. The Morgan fingerprint density at radius 1 is 1.14 bits per heavy atom. The summed E-state index contributed by atoms with van der Waals surface area (Å²) in [5.41, 5.74) is 2.75. The summed E-state index contributed by atoms with van der Waals surface area (Å²) in [6.45, 7) is 3.09. The van der Waals surface area contributed by atoms with Crippen molar-refractivity contribution < 1.29 is 19.1 Å². The van der Waals surface area contributed by atoms with Gasteiger partial charge in [-0.3, -0.25) is 14.4 Å². The van der Waals surface area contributed by atoms with E-state index in [0.717, 1.165) is 18.0 Å². The molecule has 0 unspecified atom stereocenters. The van der Waals surface area contributed by atoms with Gasteiger partial charge in [-0.1, -0.05) is 0 Å². The minimum absolute atomic E-state index is 0.135. The zero-order valence-corrected chi connectivity index (χ0v) is 16.1. The highest BCUT2D eigenvalue weighted by molar-refractivity contribution is 6.29. The molecule has 2 heterocycles. The highest BCUT2D eigenvalue weighted by Crippen LogP contribution is 2.48. The number of anilines is 1. The Labute approximate surface area is 167 Å². The number of ketones is 2. The van der Waals surface area contributed by atoms with Crippen molar-refractivity contribution in [1.29, 1.82) is 0 Å². The van der Waals surface area contributed by atoms with Crippen LogP contribution in [-0.4, -0.2) is 36.3 Å². The number of ether oxygens (including phenoxy) is 1. The topological polar surface area (TPSA) is 96.9 Å². The number of allylic oxidation sites excluding steroid dienone is 2. The van der Waals surface area contributed by atoms with Crippen molar-refractivity contribution >= 4 is 34.6 Å². The van der Waals surface area contributed by atoms with Crippen LogP contribution in [0.5, 0.6) is 5.75 Å². The summed E-state index contributed by atoms with van der Waals surface area (Å²) in [7, 11) is 0. The number of fused-ring (bicyclic) bond motifs is 2. The molecule has 7 heteroatoms. The molecule has 1 saturated carbocycles. The third-order valence-corrected chi connectivity index (χ3v) is 6.15. The van der Waals surface area contributed by atoms with Crippen molar-refractivity contribution in [1.82, 2.24) is 5.32 Å². The van der Waals surface area contributed by atoms with Crippen LogP contribution in [0.15, 0.2) is 46.1 Å². The molecule has 0 bridgehead atoms. The van der Waals surface area contributed by atoms with Crippen LogP contribution in [0, 0.1) is 5.41 Å². The normalized spacial score (nSPS) is 24.0. The molecule has 0 aromatic heterocycles. The van der Waals surface area contributed by atoms with Gasteiger partial charge in [-0.15, -0.1) is 0 Å². The first-order valence-corrected chi connectivity index (χ1v) is 9.89. The van der Waals surface area contributed by atoms with Gasteiger partial charge in [0.15, 0.2) is 5.78 Å². The highest BCUT2D eigenvalue weighted by atomic mass is 16.5. The third-order valence-electron chi connectivity index (χ3n) is 6.15. The summed E-state index contributed by atoms with van der Waals surface area (Å²) in [4.78, 5) is 42.4. The largest absolute Gasteiger partial charge is 0.490 e. The van der Waals surface area contributed by atoms with Gasteiger partial charge in [-0.05, 0) is 43.5 Å². The van der Waals surface area contributed by atoms with Crippen LogP contribution in [0.3, 0.4) is 0 Å². The van der Waals surface area contributed by atoms with E-state index in [2.05, 4.69) is 10.6 Å². The molecule has 29 heavy (non-hydrogen) atoms. The van der Waals surface area contributed by atoms with Crippen LogP contribution in [0.2, 0.25) is 0 Å². The number of aliphatic imine (C=N–C) groups is 1. The van der Waals surface area contributed by atoms with Gasteiger partial charge >= 0.3 is 0 Å². The number of benzene rings is 1. The van der Waals surface area contributed by atoms with E-state index in [0.29, 0.717) is 60.5 Å². The standard InChI is InChI=1S/C22H21N3O4/c1-12-10-16(24-13-2-3-15-17(11-13)29-9-8-23-15)19-18(20(12)27)22(21(28)25-19)6-4-14(26)5-7-22/h2-3,10-11,23H,4-9H2,1H3,(H,25,28). The molecule has 1 spiro atoms. The van der Waals surface area contributed by atoms with Crippen LogP contribution in [0.4, 0.5) is 11.4 Å². The van der Waals surface area contributed by atoms with E-state index < -0.39 is 5.41 Å². The molecule has 1 aromatic carbocycles. The number of Topliss-reactive ketones (excluding diaryl/α,β-unsaturated/α-hetero) is 2. The average molecular weight is 391 g/mol.